The number of aliphatic hydroxyl groups excluding tert-OH is 3. The maximum absolute atomic E-state index is 10.5. The van der Waals surface area contributed by atoms with E-state index in [1.54, 1.807) is 19.1 Å². The second-order valence-electron chi connectivity index (χ2n) is 5.09. The number of hydrogen-bond donors (Lipinski definition) is 3. The molecule has 0 atom stereocenters. The number of aldehydes is 2. The van der Waals surface area contributed by atoms with Crippen molar-refractivity contribution >= 4 is 12.6 Å². The van der Waals surface area contributed by atoms with E-state index in [1.165, 1.54) is 0 Å². The van der Waals surface area contributed by atoms with Crippen LogP contribution < -0.4 is 0 Å². The molecule has 5 heteroatoms. The van der Waals surface area contributed by atoms with Gasteiger partial charge in [0.05, 0.1) is 19.8 Å². The van der Waals surface area contributed by atoms with Crippen molar-refractivity contribution in [3.63, 3.8) is 0 Å². The molecule has 1 aromatic carbocycles. The van der Waals surface area contributed by atoms with E-state index in [-0.39, 0.29) is 19.8 Å². The summed E-state index contributed by atoms with van der Waals surface area (Å²) >= 11 is 0. The second-order valence-corrected chi connectivity index (χ2v) is 5.09. The maximum Gasteiger partial charge on any atom is 0.150 e. The van der Waals surface area contributed by atoms with E-state index in [0.29, 0.717) is 23.7 Å². The monoisotopic (exact) mass is 282 g/mol. The van der Waals surface area contributed by atoms with Crippen LogP contribution in [0, 0.1) is 19.3 Å². The minimum atomic E-state index is -0.708. The molecule has 0 saturated heterocycles. The van der Waals surface area contributed by atoms with Crippen LogP contribution in [0.1, 0.15) is 38.8 Å². The molecule has 0 radical (unpaired) electrons. The average Bonchev–Trinajstić information content (AvgIpc) is 2.49. The first kappa shape index (κ1) is 18.4. The van der Waals surface area contributed by atoms with E-state index < -0.39 is 5.41 Å². The molecular weight excluding hydrogens is 260 g/mol. The fourth-order valence-electron chi connectivity index (χ4n) is 1.21. The van der Waals surface area contributed by atoms with Gasteiger partial charge in [-0.1, -0.05) is 6.92 Å². The van der Waals surface area contributed by atoms with Gasteiger partial charge in [-0.15, -0.1) is 0 Å². The van der Waals surface area contributed by atoms with Gasteiger partial charge in [-0.2, -0.15) is 0 Å². The Kier molecular flexibility index (Phi) is 7.91. The highest BCUT2D eigenvalue weighted by Gasteiger charge is 2.20. The van der Waals surface area contributed by atoms with Crippen LogP contribution in [0.25, 0.3) is 0 Å². The lowest BCUT2D eigenvalue weighted by atomic mass is 9.95. The van der Waals surface area contributed by atoms with Crippen molar-refractivity contribution in [2.75, 3.05) is 19.8 Å². The SMILES string of the molecule is CC(CO)(CO)CO.Cc1cc(C=O)c(C=O)cc1C. The molecule has 1 rings (SSSR count). The lowest BCUT2D eigenvalue weighted by Crippen LogP contribution is -2.29. The van der Waals surface area contributed by atoms with E-state index in [0.717, 1.165) is 11.1 Å². The Labute approximate surface area is 118 Å². The van der Waals surface area contributed by atoms with Gasteiger partial charge in [-0.3, -0.25) is 9.59 Å². The molecular formula is C15H22O5. The van der Waals surface area contributed by atoms with Gasteiger partial charge in [0, 0.05) is 16.5 Å². The van der Waals surface area contributed by atoms with Crippen molar-refractivity contribution in [3.05, 3.63) is 34.4 Å². The molecule has 3 N–H and O–H groups in total. The quantitative estimate of drug-likeness (QED) is 0.697. The van der Waals surface area contributed by atoms with Crippen LogP contribution in [0.15, 0.2) is 12.1 Å². The molecule has 5 nitrogen and oxygen atoms in total. The fraction of sp³-hybridized carbons (Fsp3) is 0.467. The summed E-state index contributed by atoms with van der Waals surface area (Å²) in [4.78, 5) is 21.0. The van der Waals surface area contributed by atoms with Gasteiger partial charge in [0.15, 0.2) is 12.6 Å². The largest absolute Gasteiger partial charge is 0.396 e. The predicted molar refractivity (Wildman–Crippen MR) is 76.1 cm³/mol. The summed E-state index contributed by atoms with van der Waals surface area (Å²) in [5.41, 5.74) is 2.28. The van der Waals surface area contributed by atoms with Gasteiger partial charge >= 0.3 is 0 Å². The molecule has 1 aromatic rings. The fourth-order valence-corrected chi connectivity index (χ4v) is 1.21. The van der Waals surface area contributed by atoms with Crippen molar-refractivity contribution in [3.8, 4) is 0 Å². The van der Waals surface area contributed by atoms with Crippen LogP contribution in [-0.4, -0.2) is 47.7 Å². The number of carbonyl (C=O) groups is 2. The van der Waals surface area contributed by atoms with Crippen molar-refractivity contribution in [1.82, 2.24) is 0 Å². The van der Waals surface area contributed by atoms with Gasteiger partial charge in [0.1, 0.15) is 0 Å². The number of rotatable bonds is 5. The molecule has 0 bridgehead atoms. The van der Waals surface area contributed by atoms with Crippen LogP contribution in [-0.2, 0) is 0 Å². The topological polar surface area (TPSA) is 94.8 Å². The zero-order valence-electron chi connectivity index (χ0n) is 12.1. The minimum absolute atomic E-state index is 0.181. The van der Waals surface area contributed by atoms with Crippen LogP contribution in [0.4, 0.5) is 0 Å². The third-order valence-electron chi connectivity index (χ3n) is 3.10. The summed E-state index contributed by atoms with van der Waals surface area (Å²) < 4.78 is 0. The number of hydrogen-bond acceptors (Lipinski definition) is 5. The summed E-state index contributed by atoms with van der Waals surface area (Å²) in [6, 6.07) is 3.46. The maximum atomic E-state index is 10.5. The van der Waals surface area contributed by atoms with Crippen LogP contribution in [0.2, 0.25) is 0 Å². The molecule has 0 amide bonds. The first-order valence-electron chi connectivity index (χ1n) is 6.21. The Morgan fingerprint density at radius 2 is 1.20 bits per heavy atom. The zero-order valence-corrected chi connectivity index (χ0v) is 12.1. The minimum Gasteiger partial charge on any atom is -0.396 e. The standard InChI is InChI=1S/C10H10O2.C5H12O3/c1-7-3-9(5-11)10(6-12)4-8(7)2;1-5(2-6,3-7)4-8/h3-6H,1-2H3;6-8H,2-4H2,1H3. The summed E-state index contributed by atoms with van der Waals surface area (Å²) in [6.07, 6.45) is 1.41. The van der Waals surface area contributed by atoms with Crippen molar-refractivity contribution < 1.29 is 24.9 Å². The van der Waals surface area contributed by atoms with Crippen molar-refractivity contribution in [2.45, 2.75) is 20.8 Å². The molecule has 0 aromatic heterocycles. The summed E-state index contributed by atoms with van der Waals surface area (Å²) in [6.45, 7) is 4.89. The van der Waals surface area contributed by atoms with Crippen LogP contribution in [0.5, 0.6) is 0 Å². The number of aliphatic hydroxyl groups is 3. The summed E-state index contributed by atoms with van der Waals surface area (Å²) in [7, 11) is 0. The van der Waals surface area contributed by atoms with E-state index in [4.69, 9.17) is 15.3 Å². The second kappa shape index (κ2) is 8.58. The third-order valence-corrected chi connectivity index (χ3v) is 3.10. The number of carbonyl (C=O) groups excluding carboxylic acids is 2. The number of aryl methyl sites for hydroxylation is 2. The molecule has 0 spiro atoms. The van der Waals surface area contributed by atoms with Gasteiger partial charge < -0.3 is 15.3 Å². The zero-order chi connectivity index (χ0) is 15.8. The normalized spacial score (nSPS) is 10.5. The van der Waals surface area contributed by atoms with E-state index in [2.05, 4.69) is 0 Å². The van der Waals surface area contributed by atoms with Gasteiger partial charge in [0.25, 0.3) is 0 Å². The first-order valence-corrected chi connectivity index (χ1v) is 6.21. The van der Waals surface area contributed by atoms with Gasteiger partial charge in [0.2, 0.25) is 0 Å². The highest BCUT2D eigenvalue weighted by atomic mass is 16.3. The highest BCUT2D eigenvalue weighted by molar-refractivity contribution is 5.90. The first-order chi connectivity index (χ1) is 9.37. The molecule has 0 heterocycles. The number of benzene rings is 1. The third kappa shape index (κ3) is 5.21. The Morgan fingerprint density at radius 1 is 0.900 bits per heavy atom. The molecule has 0 saturated carbocycles. The van der Waals surface area contributed by atoms with Crippen LogP contribution >= 0.6 is 0 Å². The Hall–Kier alpha value is -1.56. The lowest BCUT2D eigenvalue weighted by Gasteiger charge is -2.20. The van der Waals surface area contributed by atoms with Crippen molar-refractivity contribution in [1.29, 1.82) is 0 Å². The van der Waals surface area contributed by atoms with E-state index >= 15 is 0 Å². The lowest BCUT2D eigenvalue weighted by molar-refractivity contribution is 0.0200. The molecule has 112 valence electrons. The molecule has 0 aliphatic heterocycles. The van der Waals surface area contributed by atoms with Gasteiger partial charge in [-0.05, 0) is 37.1 Å². The van der Waals surface area contributed by atoms with E-state index in [1.807, 2.05) is 13.8 Å². The Morgan fingerprint density at radius 3 is 1.35 bits per heavy atom. The predicted octanol–water partition coefficient (Wildman–Crippen LogP) is 0.898. The van der Waals surface area contributed by atoms with E-state index in [9.17, 15) is 9.59 Å². The smallest absolute Gasteiger partial charge is 0.150 e. The molecule has 20 heavy (non-hydrogen) atoms. The molecule has 0 unspecified atom stereocenters. The van der Waals surface area contributed by atoms with Crippen LogP contribution in [0.3, 0.4) is 0 Å². The molecule has 0 aliphatic carbocycles. The Balaban J connectivity index is 0.000000396. The molecule has 0 aliphatic rings. The average molecular weight is 282 g/mol. The van der Waals surface area contributed by atoms with Gasteiger partial charge in [-0.25, -0.2) is 0 Å². The highest BCUT2D eigenvalue weighted by Crippen LogP contribution is 2.12. The Bertz CT molecular complexity index is 409. The summed E-state index contributed by atoms with van der Waals surface area (Å²) in [5, 5.41) is 25.4. The van der Waals surface area contributed by atoms with Crippen molar-refractivity contribution in [2.24, 2.45) is 5.41 Å². The summed E-state index contributed by atoms with van der Waals surface area (Å²) in [5.74, 6) is 0. The molecule has 0 fully saturated rings.